The van der Waals surface area contributed by atoms with Crippen molar-refractivity contribution >= 4 is 29.6 Å². The Labute approximate surface area is 137 Å². The van der Waals surface area contributed by atoms with Gasteiger partial charge in [-0.3, -0.25) is 10.1 Å². The van der Waals surface area contributed by atoms with Crippen molar-refractivity contribution in [3.05, 3.63) is 28.3 Å². The van der Waals surface area contributed by atoms with E-state index in [2.05, 4.69) is 5.92 Å². The Morgan fingerprint density at radius 3 is 2.74 bits per heavy atom. The van der Waals surface area contributed by atoms with Crippen molar-refractivity contribution < 1.29 is 19.1 Å². The predicted molar refractivity (Wildman–Crippen MR) is 83.6 cm³/mol. The second kappa shape index (κ2) is 8.32. The van der Waals surface area contributed by atoms with Crippen LogP contribution in [0.1, 0.15) is 5.56 Å². The van der Waals surface area contributed by atoms with Gasteiger partial charge in [-0.15, -0.1) is 6.42 Å². The summed E-state index contributed by atoms with van der Waals surface area (Å²) in [4.78, 5) is 22.3. The molecule has 3 N–H and O–H groups in total. The lowest BCUT2D eigenvalue weighted by molar-refractivity contribution is -0.115. The molecule has 0 fully saturated rings. The minimum atomic E-state index is -1.07. The molecule has 0 aliphatic rings. The number of primary amides is 1. The second-order valence-electron chi connectivity index (χ2n) is 4.02. The molecule has 0 atom stereocenters. The highest BCUT2D eigenvalue weighted by molar-refractivity contribution is 6.32. The van der Waals surface area contributed by atoms with Crippen LogP contribution in [0.5, 0.6) is 11.5 Å². The van der Waals surface area contributed by atoms with E-state index in [0.717, 1.165) is 0 Å². The molecule has 1 rings (SSSR count). The van der Waals surface area contributed by atoms with Crippen molar-refractivity contribution in [2.45, 2.75) is 0 Å². The summed E-state index contributed by atoms with van der Waals surface area (Å²) in [7, 11) is 1.40. The predicted octanol–water partition coefficient (Wildman–Crippen LogP) is 1.46. The number of amides is 3. The van der Waals surface area contributed by atoms with E-state index < -0.39 is 11.9 Å². The van der Waals surface area contributed by atoms with Crippen molar-refractivity contribution in [1.82, 2.24) is 5.32 Å². The van der Waals surface area contributed by atoms with E-state index in [9.17, 15) is 9.59 Å². The first-order chi connectivity index (χ1) is 10.9. The highest BCUT2D eigenvalue weighted by atomic mass is 35.5. The quantitative estimate of drug-likeness (QED) is 0.481. The van der Waals surface area contributed by atoms with Gasteiger partial charge in [0.15, 0.2) is 11.5 Å². The average molecular weight is 334 g/mol. The third-order valence-corrected chi connectivity index (χ3v) is 2.75. The number of ether oxygens (including phenoxy) is 2. The number of nitriles is 1. The van der Waals surface area contributed by atoms with E-state index in [4.69, 9.17) is 38.5 Å². The number of imide groups is 1. The lowest BCUT2D eigenvalue weighted by Crippen LogP contribution is -2.35. The Morgan fingerprint density at radius 2 is 2.22 bits per heavy atom. The molecular formula is C15H12ClN3O4. The fraction of sp³-hybridized carbons (Fsp3) is 0.133. The highest BCUT2D eigenvalue weighted by Crippen LogP contribution is 2.36. The van der Waals surface area contributed by atoms with Gasteiger partial charge in [0.25, 0.3) is 5.91 Å². The molecule has 0 aliphatic carbocycles. The zero-order valence-electron chi connectivity index (χ0n) is 12.1. The molecule has 0 aromatic heterocycles. The zero-order valence-corrected chi connectivity index (χ0v) is 12.8. The molecule has 7 nitrogen and oxygen atoms in total. The summed E-state index contributed by atoms with van der Waals surface area (Å²) < 4.78 is 10.4. The summed E-state index contributed by atoms with van der Waals surface area (Å²) in [5.41, 5.74) is 4.89. The smallest absolute Gasteiger partial charge is 0.319 e. The molecule has 118 valence electrons. The Morgan fingerprint density at radius 1 is 1.52 bits per heavy atom. The fourth-order valence-corrected chi connectivity index (χ4v) is 1.85. The number of nitrogens with two attached hydrogens (primary N) is 1. The van der Waals surface area contributed by atoms with Gasteiger partial charge in [0, 0.05) is 0 Å². The van der Waals surface area contributed by atoms with Crippen LogP contribution in [0.15, 0.2) is 17.7 Å². The number of methoxy groups -OCH3 is 1. The molecule has 0 spiro atoms. The molecule has 0 unspecified atom stereocenters. The molecule has 23 heavy (non-hydrogen) atoms. The highest BCUT2D eigenvalue weighted by Gasteiger charge is 2.14. The van der Waals surface area contributed by atoms with Gasteiger partial charge in [-0.25, -0.2) is 4.79 Å². The van der Waals surface area contributed by atoms with Crippen molar-refractivity contribution in [2.75, 3.05) is 13.7 Å². The van der Waals surface area contributed by atoms with Crippen LogP contribution in [0.25, 0.3) is 6.08 Å². The van der Waals surface area contributed by atoms with Crippen LogP contribution in [0, 0.1) is 23.7 Å². The van der Waals surface area contributed by atoms with Crippen molar-refractivity contribution in [3.8, 4) is 29.9 Å². The van der Waals surface area contributed by atoms with E-state index >= 15 is 0 Å². The van der Waals surface area contributed by atoms with Crippen LogP contribution < -0.4 is 20.5 Å². The first-order valence-electron chi connectivity index (χ1n) is 6.09. The van der Waals surface area contributed by atoms with Gasteiger partial charge in [0.2, 0.25) is 0 Å². The third kappa shape index (κ3) is 4.95. The standard InChI is InChI=1S/C15H12ClN3O4/c1-3-4-23-13-11(16)6-9(7-12(13)22-2)5-10(8-17)14(20)19-15(18)21/h1,5-7H,4H2,2H3,(H3,18,19,20,21)/b10-5-. The van der Waals surface area contributed by atoms with Crippen LogP contribution >= 0.6 is 11.6 Å². The van der Waals surface area contributed by atoms with E-state index in [-0.39, 0.29) is 28.7 Å². The lowest BCUT2D eigenvalue weighted by atomic mass is 10.1. The van der Waals surface area contributed by atoms with Crippen LogP contribution in [-0.2, 0) is 4.79 Å². The molecule has 8 heteroatoms. The largest absolute Gasteiger partial charge is 0.493 e. The average Bonchev–Trinajstić information content (AvgIpc) is 2.50. The summed E-state index contributed by atoms with van der Waals surface area (Å²) in [6.07, 6.45) is 6.34. The summed E-state index contributed by atoms with van der Waals surface area (Å²) in [5, 5.41) is 11.0. The summed E-state index contributed by atoms with van der Waals surface area (Å²) in [5.74, 6) is 1.88. The van der Waals surface area contributed by atoms with Gasteiger partial charge < -0.3 is 15.2 Å². The van der Waals surface area contributed by atoms with E-state index in [0.29, 0.717) is 5.56 Å². The first-order valence-corrected chi connectivity index (χ1v) is 6.47. The van der Waals surface area contributed by atoms with Crippen LogP contribution in [0.2, 0.25) is 5.02 Å². The van der Waals surface area contributed by atoms with Gasteiger partial charge in [-0.05, 0) is 23.8 Å². The van der Waals surface area contributed by atoms with Gasteiger partial charge >= 0.3 is 6.03 Å². The van der Waals surface area contributed by atoms with E-state index in [1.807, 2.05) is 0 Å². The molecule has 0 bridgehead atoms. The van der Waals surface area contributed by atoms with Gasteiger partial charge in [0.05, 0.1) is 12.1 Å². The SMILES string of the molecule is C#CCOc1c(Cl)cc(/C=C(/C#N)C(=O)NC(N)=O)cc1OC. The molecule has 0 aliphatic heterocycles. The number of rotatable bonds is 5. The third-order valence-electron chi connectivity index (χ3n) is 2.46. The Hall–Kier alpha value is -3.16. The van der Waals surface area contributed by atoms with E-state index in [1.54, 1.807) is 11.4 Å². The van der Waals surface area contributed by atoms with Crippen molar-refractivity contribution in [1.29, 1.82) is 5.26 Å². The maximum atomic E-state index is 11.6. The van der Waals surface area contributed by atoms with Gasteiger partial charge in [-0.1, -0.05) is 17.5 Å². The molecule has 1 aromatic rings. The molecular weight excluding hydrogens is 322 g/mol. The Kier molecular flexibility index (Phi) is 6.47. The monoisotopic (exact) mass is 333 g/mol. The van der Waals surface area contributed by atoms with Crippen molar-refractivity contribution in [2.24, 2.45) is 5.73 Å². The second-order valence-corrected chi connectivity index (χ2v) is 4.42. The number of carbonyl (C=O) groups is 2. The molecule has 0 heterocycles. The summed E-state index contributed by atoms with van der Waals surface area (Å²) >= 11 is 6.08. The van der Waals surface area contributed by atoms with Crippen LogP contribution in [0.4, 0.5) is 4.79 Å². The maximum absolute atomic E-state index is 11.6. The normalized spacial score (nSPS) is 10.2. The minimum Gasteiger partial charge on any atom is -0.493 e. The van der Waals surface area contributed by atoms with Gasteiger partial charge in [0.1, 0.15) is 18.2 Å². The molecule has 0 radical (unpaired) electrons. The lowest BCUT2D eigenvalue weighted by Gasteiger charge is -2.11. The molecule has 3 amide bonds. The minimum absolute atomic E-state index is 0.00424. The number of urea groups is 1. The van der Waals surface area contributed by atoms with E-state index in [1.165, 1.54) is 25.3 Å². The number of hydrogen-bond acceptors (Lipinski definition) is 5. The number of terminal acetylenes is 1. The van der Waals surface area contributed by atoms with Crippen molar-refractivity contribution in [3.63, 3.8) is 0 Å². The number of nitrogens with zero attached hydrogens (tertiary/aromatic N) is 1. The van der Waals surface area contributed by atoms with Crippen LogP contribution in [-0.4, -0.2) is 25.7 Å². The number of nitrogens with one attached hydrogen (secondary N) is 1. The Bertz CT molecular complexity index is 744. The number of benzene rings is 1. The molecule has 0 saturated heterocycles. The number of carbonyl (C=O) groups excluding carboxylic acids is 2. The molecule has 0 saturated carbocycles. The number of halogens is 1. The number of hydrogen-bond donors (Lipinski definition) is 2. The summed E-state index contributed by atoms with van der Waals surface area (Å²) in [6, 6.07) is 3.54. The fourth-order valence-electron chi connectivity index (χ4n) is 1.57. The Balaban J connectivity index is 3.23. The topological polar surface area (TPSA) is 114 Å². The molecule has 1 aromatic carbocycles. The maximum Gasteiger partial charge on any atom is 0.319 e. The first kappa shape index (κ1) is 17.9. The summed E-state index contributed by atoms with van der Waals surface area (Å²) in [6.45, 7) is -0.00424. The zero-order chi connectivity index (χ0) is 17.4. The van der Waals surface area contributed by atoms with Crippen LogP contribution in [0.3, 0.4) is 0 Å². The van der Waals surface area contributed by atoms with Gasteiger partial charge in [-0.2, -0.15) is 5.26 Å².